The lowest BCUT2D eigenvalue weighted by atomic mass is 10.1. The van der Waals surface area contributed by atoms with Crippen molar-refractivity contribution in [2.45, 2.75) is 32.8 Å². The molecule has 1 N–H and O–H groups in total. The van der Waals surface area contributed by atoms with Crippen molar-refractivity contribution in [1.29, 1.82) is 0 Å². The molecule has 0 spiro atoms. The van der Waals surface area contributed by atoms with Crippen molar-refractivity contribution in [2.75, 3.05) is 0 Å². The van der Waals surface area contributed by atoms with Crippen molar-refractivity contribution >= 4 is 0 Å². The van der Waals surface area contributed by atoms with E-state index in [1.54, 1.807) is 0 Å². The molecule has 1 nitrogen and oxygen atoms in total. The van der Waals surface area contributed by atoms with E-state index in [9.17, 15) is 5.11 Å². The van der Waals surface area contributed by atoms with Gasteiger partial charge in [0.25, 0.3) is 0 Å². The van der Waals surface area contributed by atoms with Crippen LogP contribution in [0, 0.1) is 0 Å². The minimum atomic E-state index is -0.275. The Hall–Kier alpha value is -0.560. The quantitative estimate of drug-likeness (QED) is 0.594. The molecule has 0 heterocycles. The third kappa shape index (κ3) is 3.46. The van der Waals surface area contributed by atoms with Gasteiger partial charge in [0.15, 0.2) is 0 Å². The Balaban J connectivity index is 3.61. The van der Waals surface area contributed by atoms with E-state index < -0.39 is 0 Å². The average molecular weight is 140 g/mol. The summed E-state index contributed by atoms with van der Waals surface area (Å²) in [5, 5.41) is 9.33. The Morgan fingerprint density at radius 1 is 1.70 bits per heavy atom. The molecule has 0 aliphatic rings. The fraction of sp³-hybridized carbons (Fsp3) is 0.556. The Labute approximate surface area is 63.1 Å². The van der Waals surface area contributed by atoms with Crippen LogP contribution in [0.25, 0.3) is 0 Å². The monoisotopic (exact) mass is 140 g/mol. The Morgan fingerprint density at radius 2 is 2.30 bits per heavy atom. The number of hydrogen-bond acceptors (Lipinski definition) is 1. The first kappa shape index (κ1) is 9.44. The second-order valence-electron chi connectivity index (χ2n) is 2.41. The van der Waals surface area contributed by atoms with Gasteiger partial charge in [0, 0.05) is 0 Å². The van der Waals surface area contributed by atoms with Crippen molar-refractivity contribution in [3.63, 3.8) is 0 Å². The van der Waals surface area contributed by atoms with Crippen LogP contribution in [0.3, 0.4) is 0 Å². The van der Waals surface area contributed by atoms with Crippen LogP contribution in [-0.4, -0.2) is 11.2 Å². The predicted octanol–water partition coefficient (Wildman–Crippen LogP) is 2.28. The van der Waals surface area contributed by atoms with E-state index >= 15 is 0 Å². The molecule has 0 amide bonds. The highest BCUT2D eigenvalue weighted by Crippen LogP contribution is 2.07. The predicted molar refractivity (Wildman–Crippen MR) is 44.9 cm³/mol. The molecule has 0 saturated heterocycles. The van der Waals surface area contributed by atoms with E-state index in [0.29, 0.717) is 0 Å². The molecule has 0 aromatic rings. The SMILES string of the molecule is C=CCCC(O)/C(C)=C\C. The zero-order chi connectivity index (χ0) is 7.98. The minimum absolute atomic E-state index is 0.275. The van der Waals surface area contributed by atoms with E-state index in [-0.39, 0.29) is 6.10 Å². The molecule has 0 bridgehead atoms. The van der Waals surface area contributed by atoms with Crippen molar-refractivity contribution in [2.24, 2.45) is 0 Å². The van der Waals surface area contributed by atoms with Crippen LogP contribution >= 0.6 is 0 Å². The first-order valence-electron chi connectivity index (χ1n) is 3.64. The zero-order valence-electron chi connectivity index (χ0n) is 6.80. The molecular weight excluding hydrogens is 124 g/mol. The fourth-order valence-electron chi connectivity index (χ4n) is 0.696. The Morgan fingerprint density at radius 3 is 2.70 bits per heavy atom. The molecular formula is C9H16O. The summed E-state index contributed by atoms with van der Waals surface area (Å²) in [4.78, 5) is 0. The maximum absolute atomic E-state index is 9.33. The molecule has 1 heteroatoms. The number of allylic oxidation sites excluding steroid dienone is 2. The molecule has 0 rings (SSSR count). The van der Waals surface area contributed by atoms with Crippen LogP contribution in [0.5, 0.6) is 0 Å². The van der Waals surface area contributed by atoms with E-state index in [0.717, 1.165) is 18.4 Å². The molecule has 0 radical (unpaired) electrons. The van der Waals surface area contributed by atoms with E-state index in [2.05, 4.69) is 6.58 Å². The van der Waals surface area contributed by atoms with Gasteiger partial charge in [-0.25, -0.2) is 0 Å². The van der Waals surface area contributed by atoms with Gasteiger partial charge < -0.3 is 5.11 Å². The fourth-order valence-corrected chi connectivity index (χ4v) is 0.696. The van der Waals surface area contributed by atoms with Gasteiger partial charge in [0.1, 0.15) is 0 Å². The minimum Gasteiger partial charge on any atom is -0.389 e. The van der Waals surface area contributed by atoms with Gasteiger partial charge in [0.2, 0.25) is 0 Å². The van der Waals surface area contributed by atoms with Gasteiger partial charge in [0.05, 0.1) is 6.10 Å². The summed E-state index contributed by atoms with van der Waals surface area (Å²) >= 11 is 0. The lowest BCUT2D eigenvalue weighted by Crippen LogP contribution is -2.06. The van der Waals surface area contributed by atoms with Crippen molar-refractivity contribution < 1.29 is 5.11 Å². The van der Waals surface area contributed by atoms with Gasteiger partial charge >= 0.3 is 0 Å². The Kier molecular flexibility index (Phi) is 4.95. The molecule has 0 aliphatic heterocycles. The van der Waals surface area contributed by atoms with E-state index in [1.807, 2.05) is 26.0 Å². The summed E-state index contributed by atoms with van der Waals surface area (Å²) in [6, 6.07) is 0. The molecule has 0 aromatic heterocycles. The molecule has 58 valence electrons. The highest BCUT2D eigenvalue weighted by molar-refractivity contribution is 5.02. The maximum atomic E-state index is 9.33. The van der Waals surface area contributed by atoms with Gasteiger partial charge in [-0.05, 0) is 32.3 Å². The Bertz CT molecular complexity index is 125. The zero-order valence-corrected chi connectivity index (χ0v) is 6.80. The van der Waals surface area contributed by atoms with Crippen LogP contribution in [0.4, 0.5) is 0 Å². The average Bonchev–Trinajstić information content (AvgIpc) is 1.98. The van der Waals surface area contributed by atoms with Crippen molar-refractivity contribution in [1.82, 2.24) is 0 Å². The number of rotatable bonds is 4. The largest absolute Gasteiger partial charge is 0.389 e. The number of aliphatic hydroxyl groups excluding tert-OH is 1. The van der Waals surface area contributed by atoms with Crippen LogP contribution in [0.15, 0.2) is 24.3 Å². The van der Waals surface area contributed by atoms with Gasteiger partial charge in [-0.15, -0.1) is 6.58 Å². The topological polar surface area (TPSA) is 20.2 Å². The first-order chi connectivity index (χ1) is 4.72. The lowest BCUT2D eigenvalue weighted by molar-refractivity contribution is 0.201. The van der Waals surface area contributed by atoms with Crippen LogP contribution in [-0.2, 0) is 0 Å². The molecule has 1 atom stereocenters. The molecule has 0 fully saturated rings. The van der Waals surface area contributed by atoms with Gasteiger partial charge in [-0.2, -0.15) is 0 Å². The number of hydrogen-bond donors (Lipinski definition) is 1. The smallest absolute Gasteiger partial charge is 0.0750 e. The molecule has 10 heavy (non-hydrogen) atoms. The van der Waals surface area contributed by atoms with Crippen LogP contribution in [0.2, 0.25) is 0 Å². The highest BCUT2D eigenvalue weighted by Gasteiger charge is 2.02. The molecule has 0 saturated carbocycles. The molecule has 0 aromatic carbocycles. The summed E-state index contributed by atoms with van der Waals surface area (Å²) in [5.74, 6) is 0. The second kappa shape index (κ2) is 5.24. The number of aliphatic hydroxyl groups is 1. The first-order valence-corrected chi connectivity index (χ1v) is 3.64. The molecule has 0 aliphatic carbocycles. The second-order valence-corrected chi connectivity index (χ2v) is 2.41. The van der Waals surface area contributed by atoms with Gasteiger partial charge in [-0.3, -0.25) is 0 Å². The third-order valence-corrected chi connectivity index (χ3v) is 1.63. The van der Waals surface area contributed by atoms with E-state index in [1.165, 1.54) is 0 Å². The standard InChI is InChI=1S/C9H16O/c1-4-6-7-9(10)8(3)5-2/h4-5,9-10H,1,6-7H2,2-3H3/b8-5-. The van der Waals surface area contributed by atoms with Crippen molar-refractivity contribution in [3.8, 4) is 0 Å². The maximum Gasteiger partial charge on any atom is 0.0750 e. The summed E-state index contributed by atoms with van der Waals surface area (Å²) < 4.78 is 0. The van der Waals surface area contributed by atoms with Crippen LogP contribution in [0.1, 0.15) is 26.7 Å². The summed E-state index contributed by atoms with van der Waals surface area (Å²) in [6.45, 7) is 7.46. The molecule has 1 unspecified atom stereocenters. The van der Waals surface area contributed by atoms with Gasteiger partial charge in [-0.1, -0.05) is 12.2 Å². The van der Waals surface area contributed by atoms with Crippen LogP contribution < -0.4 is 0 Å². The van der Waals surface area contributed by atoms with E-state index in [4.69, 9.17) is 0 Å². The lowest BCUT2D eigenvalue weighted by Gasteiger charge is -2.08. The van der Waals surface area contributed by atoms with Crippen molar-refractivity contribution in [3.05, 3.63) is 24.3 Å². The highest BCUT2D eigenvalue weighted by atomic mass is 16.3. The normalized spacial score (nSPS) is 14.9. The summed E-state index contributed by atoms with van der Waals surface area (Å²) in [7, 11) is 0. The summed E-state index contributed by atoms with van der Waals surface area (Å²) in [6.07, 6.45) is 5.16. The summed E-state index contributed by atoms with van der Waals surface area (Å²) in [5.41, 5.74) is 1.04. The third-order valence-electron chi connectivity index (χ3n) is 1.63.